The van der Waals surface area contributed by atoms with Crippen LogP contribution in [0, 0.1) is 0 Å². The SMILES string of the molecule is C=CCCCCC(=O)Nc1ccc(O)cc1. The van der Waals surface area contributed by atoms with E-state index in [1.165, 1.54) is 0 Å². The van der Waals surface area contributed by atoms with Crippen LogP contribution in [0.2, 0.25) is 0 Å². The number of carbonyl (C=O) groups excluding carboxylic acids is 1. The molecule has 0 unspecified atom stereocenters. The van der Waals surface area contributed by atoms with Gasteiger partial charge in [0.1, 0.15) is 5.75 Å². The molecule has 0 heterocycles. The van der Waals surface area contributed by atoms with E-state index in [1.807, 2.05) is 6.08 Å². The standard InChI is InChI=1S/C13H17NO2/c1-2-3-4-5-6-13(16)14-11-7-9-12(15)10-8-11/h2,7-10,15H,1,3-6H2,(H,14,16). The van der Waals surface area contributed by atoms with Crippen LogP contribution in [0.25, 0.3) is 0 Å². The van der Waals surface area contributed by atoms with Crippen molar-refractivity contribution in [1.82, 2.24) is 0 Å². The van der Waals surface area contributed by atoms with Gasteiger partial charge in [0.2, 0.25) is 5.91 Å². The van der Waals surface area contributed by atoms with E-state index in [1.54, 1.807) is 24.3 Å². The van der Waals surface area contributed by atoms with Crippen molar-refractivity contribution in [2.75, 3.05) is 5.32 Å². The molecule has 3 nitrogen and oxygen atoms in total. The second-order valence-corrected chi connectivity index (χ2v) is 3.63. The van der Waals surface area contributed by atoms with Gasteiger partial charge in [-0.1, -0.05) is 6.08 Å². The highest BCUT2D eigenvalue weighted by Gasteiger charge is 2.01. The zero-order chi connectivity index (χ0) is 11.8. The second-order valence-electron chi connectivity index (χ2n) is 3.63. The van der Waals surface area contributed by atoms with E-state index in [0.29, 0.717) is 12.1 Å². The highest BCUT2D eigenvalue weighted by atomic mass is 16.3. The number of benzene rings is 1. The molecule has 0 fully saturated rings. The van der Waals surface area contributed by atoms with Crippen molar-refractivity contribution in [3.63, 3.8) is 0 Å². The van der Waals surface area contributed by atoms with Gasteiger partial charge in [-0.05, 0) is 43.5 Å². The predicted molar refractivity (Wildman–Crippen MR) is 65.4 cm³/mol. The summed E-state index contributed by atoms with van der Waals surface area (Å²) in [6.07, 6.45) is 5.20. The van der Waals surface area contributed by atoms with Crippen LogP contribution in [0.4, 0.5) is 5.69 Å². The van der Waals surface area contributed by atoms with Gasteiger partial charge in [-0.2, -0.15) is 0 Å². The van der Waals surface area contributed by atoms with Crippen molar-refractivity contribution in [2.24, 2.45) is 0 Å². The smallest absolute Gasteiger partial charge is 0.224 e. The van der Waals surface area contributed by atoms with Gasteiger partial charge in [0, 0.05) is 12.1 Å². The third-order valence-corrected chi connectivity index (χ3v) is 2.21. The normalized spacial score (nSPS) is 9.75. The second kappa shape index (κ2) is 6.67. The Morgan fingerprint density at radius 1 is 1.31 bits per heavy atom. The van der Waals surface area contributed by atoms with Crippen molar-refractivity contribution < 1.29 is 9.90 Å². The molecule has 2 N–H and O–H groups in total. The minimum Gasteiger partial charge on any atom is -0.508 e. The molecule has 0 saturated carbocycles. The van der Waals surface area contributed by atoms with E-state index in [4.69, 9.17) is 5.11 Å². The van der Waals surface area contributed by atoms with Crippen molar-refractivity contribution in [3.8, 4) is 5.75 Å². The fourth-order valence-electron chi connectivity index (χ4n) is 1.34. The van der Waals surface area contributed by atoms with E-state index in [-0.39, 0.29) is 11.7 Å². The van der Waals surface area contributed by atoms with Crippen LogP contribution in [0.5, 0.6) is 5.75 Å². The van der Waals surface area contributed by atoms with Crippen molar-refractivity contribution in [1.29, 1.82) is 0 Å². The highest BCUT2D eigenvalue weighted by molar-refractivity contribution is 5.90. The summed E-state index contributed by atoms with van der Waals surface area (Å²) in [4.78, 5) is 11.5. The summed E-state index contributed by atoms with van der Waals surface area (Å²) in [7, 11) is 0. The Morgan fingerprint density at radius 3 is 2.62 bits per heavy atom. The van der Waals surface area contributed by atoms with Gasteiger partial charge in [-0.15, -0.1) is 6.58 Å². The van der Waals surface area contributed by atoms with Crippen LogP contribution < -0.4 is 5.32 Å². The summed E-state index contributed by atoms with van der Waals surface area (Å²) in [5, 5.41) is 11.8. The maximum atomic E-state index is 11.5. The maximum Gasteiger partial charge on any atom is 0.224 e. The Balaban J connectivity index is 2.28. The lowest BCUT2D eigenvalue weighted by Gasteiger charge is -2.04. The summed E-state index contributed by atoms with van der Waals surface area (Å²) < 4.78 is 0. The number of allylic oxidation sites excluding steroid dienone is 1. The Kier molecular flexibility index (Phi) is 5.12. The monoisotopic (exact) mass is 219 g/mol. The average molecular weight is 219 g/mol. The molecule has 86 valence electrons. The number of hydrogen-bond acceptors (Lipinski definition) is 2. The molecule has 16 heavy (non-hydrogen) atoms. The molecule has 0 atom stereocenters. The predicted octanol–water partition coefficient (Wildman–Crippen LogP) is 3.08. The minimum absolute atomic E-state index is 0.00903. The van der Waals surface area contributed by atoms with Gasteiger partial charge in [0.15, 0.2) is 0 Å². The van der Waals surface area contributed by atoms with E-state index in [9.17, 15) is 4.79 Å². The number of phenolic OH excluding ortho intramolecular Hbond substituents is 1. The summed E-state index contributed by atoms with van der Waals surface area (Å²) in [6.45, 7) is 3.63. The molecular weight excluding hydrogens is 202 g/mol. The summed E-state index contributed by atoms with van der Waals surface area (Å²) >= 11 is 0. The number of nitrogens with one attached hydrogen (secondary N) is 1. The number of carbonyl (C=O) groups is 1. The number of aromatic hydroxyl groups is 1. The Bertz CT molecular complexity index is 343. The number of unbranched alkanes of at least 4 members (excludes halogenated alkanes) is 2. The van der Waals surface area contributed by atoms with Crippen LogP contribution in [-0.2, 0) is 4.79 Å². The number of rotatable bonds is 6. The van der Waals surface area contributed by atoms with Gasteiger partial charge in [-0.3, -0.25) is 4.79 Å². The van der Waals surface area contributed by atoms with Crippen molar-refractivity contribution in [3.05, 3.63) is 36.9 Å². The first-order chi connectivity index (χ1) is 7.72. The van der Waals surface area contributed by atoms with Crippen LogP contribution in [0.15, 0.2) is 36.9 Å². The Labute approximate surface area is 95.8 Å². The van der Waals surface area contributed by atoms with Crippen molar-refractivity contribution in [2.45, 2.75) is 25.7 Å². The quantitative estimate of drug-likeness (QED) is 0.439. The van der Waals surface area contributed by atoms with E-state index in [2.05, 4.69) is 11.9 Å². The minimum atomic E-state index is 0.00903. The first-order valence-electron chi connectivity index (χ1n) is 5.42. The Hall–Kier alpha value is -1.77. The fraction of sp³-hybridized carbons (Fsp3) is 0.308. The third-order valence-electron chi connectivity index (χ3n) is 2.21. The summed E-state index contributed by atoms with van der Waals surface area (Å²) in [5.74, 6) is 0.207. The van der Waals surface area contributed by atoms with Gasteiger partial charge in [-0.25, -0.2) is 0 Å². The molecule has 0 aliphatic rings. The molecule has 1 aromatic carbocycles. The molecular formula is C13H17NO2. The van der Waals surface area contributed by atoms with E-state index >= 15 is 0 Å². The molecule has 1 aromatic rings. The molecule has 0 radical (unpaired) electrons. The lowest BCUT2D eigenvalue weighted by atomic mass is 10.2. The molecule has 0 aromatic heterocycles. The van der Waals surface area contributed by atoms with Crippen molar-refractivity contribution >= 4 is 11.6 Å². The molecule has 1 amide bonds. The lowest BCUT2D eigenvalue weighted by molar-refractivity contribution is -0.116. The average Bonchev–Trinajstić information content (AvgIpc) is 2.28. The molecule has 1 rings (SSSR count). The number of anilines is 1. The number of hydrogen-bond donors (Lipinski definition) is 2. The highest BCUT2D eigenvalue weighted by Crippen LogP contribution is 2.14. The van der Waals surface area contributed by atoms with E-state index < -0.39 is 0 Å². The molecule has 3 heteroatoms. The maximum absolute atomic E-state index is 11.5. The molecule has 0 saturated heterocycles. The molecule has 0 aliphatic carbocycles. The number of phenols is 1. The van der Waals surface area contributed by atoms with Gasteiger partial charge >= 0.3 is 0 Å². The van der Waals surface area contributed by atoms with E-state index in [0.717, 1.165) is 19.3 Å². The first kappa shape index (κ1) is 12.3. The molecule has 0 aliphatic heterocycles. The lowest BCUT2D eigenvalue weighted by Crippen LogP contribution is -2.10. The topological polar surface area (TPSA) is 49.3 Å². The van der Waals surface area contributed by atoms with Crippen LogP contribution in [0.3, 0.4) is 0 Å². The zero-order valence-electron chi connectivity index (χ0n) is 9.28. The first-order valence-corrected chi connectivity index (χ1v) is 5.42. The summed E-state index contributed by atoms with van der Waals surface area (Å²) in [6, 6.07) is 6.45. The number of amides is 1. The zero-order valence-corrected chi connectivity index (χ0v) is 9.28. The largest absolute Gasteiger partial charge is 0.508 e. The van der Waals surface area contributed by atoms with Gasteiger partial charge in [0.25, 0.3) is 0 Å². The molecule has 0 spiro atoms. The fourth-order valence-corrected chi connectivity index (χ4v) is 1.34. The van der Waals surface area contributed by atoms with Crippen LogP contribution in [-0.4, -0.2) is 11.0 Å². The Morgan fingerprint density at radius 2 is 2.00 bits per heavy atom. The van der Waals surface area contributed by atoms with Crippen LogP contribution >= 0.6 is 0 Å². The van der Waals surface area contributed by atoms with Gasteiger partial charge < -0.3 is 10.4 Å². The third kappa shape index (κ3) is 4.64. The molecule has 0 bridgehead atoms. The van der Waals surface area contributed by atoms with Gasteiger partial charge in [0.05, 0.1) is 0 Å². The van der Waals surface area contributed by atoms with Crippen LogP contribution in [0.1, 0.15) is 25.7 Å². The summed E-state index contributed by atoms with van der Waals surface area (Å²) in [5.41, 5.74) is 0.714.